The first-order valence-electron chi connectivity index (χ1n) is 8.21. The molecule has 1 aromatic carbocycles. The normalized spacial score (nSPS) is 13.3. The van der Waals surface area contributed by atoms with Gasteiger partial charge in [-0.05, 0) is 73.8 Å². The second kappa shape index (κ2) is 7.70. The predicted molar refractivity (Wildman–Crippen MR) is 110 cm³/mol. The second-order valence-electron chi connectivity index (χ2n) is 7.02. The standard InChI is InChI=1S/C17H24BrN5O3S/c1-9-6-12(7-10(2)14(9)27(19,25)26)22-16-20-8-13(18)15(23-16)21-11(3)17(4,5)24/h6-8,11,24H,1-5H3,(H2,19,25,26)(H2,20,21,22,23)/t11-/m1/s1. The maximum absolute atomic E-state index is 11.7. The quantitative estimate of drug-likeness (QED) is 0.524. The molecule has 0 radical (unpaired) electrons. The van der Waals surface area contributed by atoms with Gasteiger partial charge in [0.2, 0.25) is 16.0 Å². The molecule has 0 aliphatic heterocycles. The van der Waals surface area contributed by atoms with Gasteiger partial charge in [0, 0.05) is 11.9 Å². The lowest BCUT2D eigenvalue weighted by Gasteiger charge is -2.27. The van der Waals surface area contributed by atoms with Crippen molar-refractivity contribution in [3.8, 4) is 0 Å². The monoisotopic (exact) mass is 457 g/mol. The molecular formula is C17H24BrN5O3S. The number of aromatic nitrogens is 2. The lowest BCUT2D eigenvalue weighted by atomic mass is 10.0. The first-order valence-corrected chi connectivity index (χ1v) is 10.6. The molecule has 0 bridgehead atoms. The zero-order valence-corrected chi connectivity index (χ0v) is 18.2. The molecule has 0 aliphatic rings. The van der Waals surface area contributed by atoms with E-state index in [1.54, 1.807) is 46.0 Å². The lowest BCUT2D eigenvalue weighted by molar-refractivity contribution is 0.0647. The molecule has 2 aromatic rings. The Hall–Kier alpha value is -1.75. The van der Waals surface area contributed by atoms with E-state index < -0.39 is 15.6 Å². The molecule has 0 saturated carbocycles. The Morgan fingerprint density at radius 2 is 1.81 bits per heavy atom. The summed E-state index contributed by atoms with van der Waals surface area (Å²) in [5.41, 5.74) is 0.772. The van der Waals surface area contributed by atoms with Crippen LogP contribution in [0.2, 0.25) is 0 Å². The minimum Gasteiger partial charge on any atom is -0.388 e. The SMILES string of the molecule is Cc1cc(Nc2ncc(Br)c(N[C@H](C)C(C)(C)O)n2)cc(C)c1S(N)(=O)=O. The molecule has 8 nitrogen and oxygen atoms in total. The highest BCUT2D eigenvalue weighted by Crippen LogP contribution is 2.27. The van der Waals surface area contributed by atoms with Crippen molar-refractivity contribution in [2.45, 2.75) is 51.2 Å². The number of aliphatic hydroxyl groups is 1. The molecule has 1 aromatic heterocycles. The van der Waals surface area contributed by atoms with Gasteiger partial charge in [-0.3, -0.25) is 0 Å². The molecule has 0 aliphatic carbocycles. The molecule has 5 N–H and O–H groups in total. The van der Waals surface area contributed by atoms with Gasteiger partial charge in [-0.15, -0.1) is 0 Å². The van der Waals surface area contributed by atoms with E-state index in [0.29, 0.717) is 33.1 Å². The average Bonchev–Trinajstić information content (AvgIpc) is 2.47. The number of primary sulfonamides is 1. The summed E-state index contributed by atoms with van der Waals surface area (Å²) in [6.45, 7) is 8.62. The van der Waals surface area contributed by atoms with E-state index in [1.165, 1.54) is 0 Å². The average molecular weight is 458 g/mol. The summed E-state index contributed by atoms with van der Waals surface area (Å²) >= 11 is 3.39. The number of halogens is 1. The summed E-state index contributed by atoms with van der Waals surface area (Å²) in [4.78, 5) is 8.75. The third-order valence-corrected chi connectivity index (χ3v) is 5.95. The number of benzene rings is 1. The van der Waals surface area contributed by atoms with Crippen LogP contribution in [0.5, 0.6) is 0 Å². The number of hydrogen-bond acceptors (Lipinski definition) is 7. The topological polar surface area (TPSA) is 130 Å². The summed E-state index contributed by atoms with van der Waals surface area (Å²) < 4.78 is 24.1. The van der Waals surface area contributed by atoms with Gasteiger partial charge in [0.1, 0.15) is 5.82 Å². The van der Waals surface area contributed by atoms with Gasteiger partial charge in [-0.25, -0.2) is 18.5 Å². The first kappa shape index (κ1) is 21.5. The Labute approximate surface area is 167 Å². The van der Waals surface area contributed by atoms with E-state index >= 15 is 0 Å². The van der Waals surface area contributed by atoms with E-state index in [1.807, 2.05) is 6.92 Å². The van der Waals surface area contributed by atoms with Crippen LogP contribution in [0.4, 0.5) is 17.5 Å². The van der Waals surface area contributed by atoms with Crippen molar-refractivity contribution in [1.82, 2.24) is 9.97 Å². The number of nitrogens with zero attached hydrogens (tertiary/aromatic N) is 2. The zero-order chi connectivity index (χ0) is 20.6. The number of rotatable bonds is 6. The fraction of sp³-hybridized carbons (Fsp3) is 0.412. The van der Waals surface area contributed by atoms with Crippen molar-refractivity contribution in [2.24, 2.45) is 5.14 Å². The summed E-state index contributed by atoms with van der Waals surface area (Å²) in [7, 11) is -3.79. The van der Waals surface area contributed by atoms with Crippen molar-refractivity contribution in [3.63, 3.8) is 0 Å². The molecule has 148 valence electrons. The Morgan fingerprint density at radius 1 is 1.26 bits per heavy atom. The molecular weight excluding hydrogens is 434 g/mol. The van der Waals surface area contributed by atoms with Crippen LogP contribution in [0.3, 0.4) is 0 Å². The molecule has 0 amide bonds. The van der Waals surface area contributed by atoms with Crippen molar-refractivity contribution in [1.29, 1.82) is 0 Å². The molecule has 0 unspecified atom stereocenters. The van der Waals surface area contributed by atoms with Crippen LogP contribution in [0.25, 0.3) is 0 Å². The summed E-state index contributed by atoms with van der Waals surface area (Å²) in [6, 6.07) is 3.09. The van der Waals surface area contributed by atoms with Gasteiger partial charge < -0.3 is 15.7 Å². The Kier molecular flexibility index (Phi) is 6.15. The lowest BCUT2D eigenvalue weighted by Crippen LogP contribution is -2.39. The van der Waals surface area contributed by atoms with Gasteiger partial charge in [0.15, 0.2) is 0 Å². The van der Waals surface area contributed by atoms with E-state index in [2.05, 4.69) is 36.5 Å². The molecule has 2 rings (SSSR count). The summed E-state index contributed by atoms with van der Waals surface area (Å²) in [5, 5.41) is 21.6. The van der Waals surface area contributed by atoms with Gasteiger partial charge >= 0.3 is 0 Å². The highest BCUT2D eigenvalue weighted by Gasteiger charge is 2.23. The van der Waals surface area contributed by atoms with Crippen molar-refractivity contribution in [2.75, 3.05) is 10.6 Å². The van der Waals surface area contributed by atoms with Crippen molar-refractivity contribution < 1.29 is 13.5 Å². The van der Waals surface area contributed by atoms with Crippen LogP contribution in [-0.2, 0) is 10.0 Å². The van der Waals surface area contributed by atoms with Crippen LogP contribution in [0.15, 0.2) is 27.7 Å². The number of nitrogens with one attached hydrogen (secondary N) is 2. The Balaban J connectivity index is 2.32. The molecule has 27 heavy (non-hydrogen) atoms. The maximum Gasteiger partial charge on any atom is 0.238 e. The van der Waals surface area contributed by atoms with Crippen molar-refractivity contribution >= 4 is 43.4 Å². The van der Waals surface area contributed by atoms with E-state index in [0.717, 1.165) is 0 Å². The number of sulfonamides is 1. The second-order valence-corrected chi connectivity index (χ2v) is 9.37. The Morgan fingerprint density at radius 3 is 2.30 bits per heavy atom. The van der Waals surface area contributed by atoms with E-state index in [4.69, 9.17) is 5.14 Å². The fourth-order valence-corrected chi connectivity index (χ4v) is 3.83. The number of nitrogens with two attached hydrogens (primary N) is 1. The van der Waals surface area contributed by atoms with Gasteiger partial charge in [-0.1, -0.05) is 0 Å². The van der Waals surface area contributed by atoms with Gasteiger partial charge in [-0.2, -0.15) is 4.98 Å². The van der Waals surface area contributed by atoms with Crippen LogP contribution < -0.4 is 15.8 Å². The van der Waals surface area contributed by atoms with Crippen molar-refractivity contribution in [3.05, 3.63) is 33.9 Å². The maximum atomic E-state index is 11.7. The third-order valence-electron chi connectivity index (χ3n) is 4.16. The largest absolute Gasteiger partial charge is 0.388 e. The first-order chi connectivity index (χ1) is 12.3. The van der Waals surface area contributed by atoms with E-state index in [9.17, 15) is 13.5 Å². The zero-order valence-electron chi connectivity index (χ0n) is 15.8. The third kappa shape index (κ3) is 5.38. The summed E-state index contributed by atoms with van der Waals surface area (Å²) in [5.74, 6) is 0.850. The molecule has 0 saturated heterocycles. The van der Waals surface area contributed by atoms with Crippen LogP contribution in [0.1, 0.15) is 31.9 Å². The highest BCUT2D eigenvalue weighted by molar-refractivity contribution is 9.10. The van der Waals surface area contributed by atoms with Gasteiger partial charge in [0.05, 0.1) is 21.0 Å². The molecule has 0 spiro atoms. The number of hydrogen-bond donors (Lipinski definition) is 4. The minimum absolute atomic E-state index is 0.117. The molecule has 10 heteroatoms. The highest BCUT2D eigenvalue weighted by atomic mass is 79.9. The molecule has 1 heterocycles. The Bertz CT molecular complexity index is 935. The number of anilines is 3. The van der Waals surface area contributed by atoms with Crippen LogP contribution >= 0.6 is 15.9 Å². The van der Waals surface area contributed by atoms with Crippen LogP contribution in [-0.4, -0.2) is 35.1 Å². The summed E-state index contributed by atoms with van der Waals surface area (Å²) in [6.07, 6.45) is 1.59. The van der Waals surface area contributed by atoms with E-state index in [-0.39, 0.29) is 10.9 Å². The molecule has 1 atom stereocenters. The van der Waals surface area contributed by atoms with Crippen LogP contribution in [0, 0.1) is 13.8 Å². The van der Waals surface area contributed by atoms with Gasteiger partial charge in [0.25, 0.3) is 0 Å². The number of aryl methyl sites for hydroxylation is 2. The predicted octanol–water partition coefficient (Wildman–Crippen LogP) is 2.82. The minimum atomic E-state index is -3.79. The fourth-order valence-electron chi connectivity index (χ4n) is 2.51. The smallest absolute Gasteiger partial charge is 0.238 e. The molecule has 0 fully saturated rings.